The van der Waals surface area contributed by atoms with Crippen molar-refractivity contribution in [2.45, 2.75) is 32.9 Å². The van der Waals surface area contributed by atoms with Crippen LogP contribution in [0.4, 0.5) is 5.69 Å². The molecule has 2 aromatic carbocycles. The third-order valence-corrected chi connectivity index (χ3v) is 5.14. The van der Waals surface area contributed by atoms with Crippen LogP contribution in [0.2, 0.25) is 0 Å². The van der Waals surface area contributed by atoms with Gasteiger partial charge in [-0.3, -0.25) is 4.79 Å². The summed E-state index contributed by atoms with van der Waals surface area (Å²) in [5, 5.41) is 6.97. The Morgan fingerprint density at radius 2 is 1.96 bits per heavy atom. The summed E-state index contributed by atoms with van der Waals surface area (Å²) in [7, 11) is 0. The summed E-state index contributed by atoms with van der Waals surface area (Å²) in [6.45, 7) is 5.81. The summed E-state index contributed by atoms with van der Waals surface area (Å²) < 4.78 is 0. The lowest BCUT2D eigenvalue weighted by Crippen LogP contribution is -2.45. The van der Waals surface area contributed by atoms with Crippen LogP contribution in [-0.4, -0.2) is 36.6 Å². The fourth-order valence-corrected chi connectivity index (χ4v) is 3.55. The van der Waals surface area contributed by atoms with Crippen molar-refractivity contribution in [1.82, 2.24) is 10.2 Å². The van der Waals surface area contributed by atoms with Gasteiger partial charge in [-0.15, -0.1) is 0 Å². The largest absolute Gasteiger partial charge is 0.388 e. The van der Waals surface area contributed by atoms with Crippen LogP contribution in [0, 0.1) is 6.92 Å². The Hall–Kier alpha value is -2.79. The first-order valence-corrected chi connectivity index (χ1v) is 9.87. The lowest BCUT2D eigenvalue weighted by molar-refractivity contribution is -0.128. The van der Waals surface area contributed by atoms with Crippen molar-refractivity contribution in [3.8, 4) is 0 Å². The molecule has 0 aliphatic carbocycles. The zero-order valence-electron chi connectivity index (χ0n) is 16.7. The van der Waals surface area contributed by atoms with Crippen molar-refractivity contribution in [3.05, 3.63) is 77.0 Å². The number of rotatable bonds is 7. The molecule has 28 heavy (non-hydrogen) atoms. The smallest absolute Gasteiger partial charge is 0.219 e. The van der Waals surface area contributed by atoms with Crippen LogP contribution in [0.25, 0.3) is 0 Å². The van der Waals surface area contributed by atoms with Gasteiger partial charge in [-0.05, 0) is 36.6 Å². The fraction of sp³-hybridized carbons (Fsp3) is 0.348. The van der Waals surface area contributed by atoms with Crippen LogP contribution >= 0.6 is 0 Å². The molecule has 1 aliphatic rings. The average molecular weight is 379 g/mol. The van der Waals surface area contributed by atoms with Gasteiger partial charge in [0.2, 0.25) is 5.91 Å². The van der Waals surface area contributed by atoms with Gasteiger partial charge in [0, 0.05) is 49.9 Å². The molecule has 3 rings (SSSR count). The van der Waals surface area contributed by atoms with Crippen molar-refractivity contribution >= 4 is 11.6 Å². The Morgan fingerprint density at radius 1 is 1.18 bits per heavy atom. The Morgan fingerprint density at radius 3 is 2.68 bits per heavy atom. The number of benzene rings is 2. The molecule has 1 aliphatic heterocycles. The molecule has 0 spiro atoms. The molecule has 1 amide bonds. The molecule has 1 atom stereocenters. The van der Waals surface area contributed by atoms with Gasteiger partial charge >= 0.3 is 0 Å². The highest BCUT2D eigenvalue weighted by Crippen LogP contribution is 2.20. The van der Waals surface area contributed by atoms with E-state index in [4.69, 9.17) is 5.73 Å². The zero-order chi connectivity index (χ0) is 19.9. The molecule has 0 aromatic heterocycles. The van der Waals surface area contributed by atoms with E-state index in [0.29, 0.717) is 6.54 Å². The minimum atomic E-state index is -0.344. The van der Waals surface area contributed by atoms with E-state index in [1.165, 1.54) is 11.1 Å². The first kappa shape index (κ1) is 20.0. The maximum Gasteiger partial charge on any atom is 0.219 e. The number of nitrogens with two attached hydrogens (primary N) is 1. The van der Waals surface area contributed by atoms with E-state index in [2.05, 4.69) is 54.0 Å². The number of hydrogen-bond acceptors (Lipinski definition) is 4. The number of carbonyl (C=O) groups is 1. The molecule has 148 valence electrons. The maximum absolute atomic E-state index is 11.9. The van der Waals surface area contributed by atoms with Gasteiger partial charge < -0.3 is 21.3 Å². The maximum atomic E-state index is 11.9. The highest BCUT2D eigenvalue weighted by atomic mass is 16.2. The Balaban J connectivity index is 1.72. The number of aryl methyl sites for hydroxylation is 1. The normalized spacial score (nSPS) is 15.3. The van der Waals surface area contributed by atoms with Crippen LogP contribution in [0.3, 0.4) is 0 Å². The van der Waals surface area contributed by atoms with E-state index in [0.717, 1.165) is 42.9 Å². The van der Waals surface area contributed by atoms with E-state index >= 15 is 0 Å². The number of nitrogens with zero attached hydrogens (tertiary/aromatic N) is 1. The topological polar surface area (TPSA) is 70.4 Å². The first-order chi connectivity index (χ1) is 13.5. The molecular formula is C23H30N4O. The molecule has 0 saturated carbocycles. The molecular weight excluding hydrogens is 348 g/mol. The second-order valence-corrected chi connectivity index (χ2v) is 7.35. The first-order valence-electron chi connectivity index (χ1n) is 9.87. The Kier molecular flexibility index (Phi) is 6.71. The van der Waals surface area contributed by atoms with E-state index in [-0.39, 0.29) is 12.1 Å². The Bertz CT molecular complexity index is 832. The summed E-state index contributed by atoms with van der Waals surface area (Å²) in [6.07, 6.45) is 1.41. The molecule has 5 heteroatoms. The summed E-state index contributed by atoms with van der Waals surface area (Å²) in [5.74, 6) is 0.0867. The molecule has 0 bridgehead atoms. The van der Waals surface area contributed by atoms with E-state index in [9.17, 15) is 4.79 Å². The molecule has 5 nitrogen and oxygen atoms in total. The lowest BCUT2D eigenvalue weighted by Gasteiger charge is -2.33. The van der Waals surface area contributed by atoms with Crippen molar-refractivity contribution in [1.29, 1.82) is 0 Å². The number of hydrogen-bond donors (Lipinski definition) is 3. The molecule has 0 saturated heterocycles. The fourth-order valence-electron chi connectivity index (χ4n) is 3.55. The van der Waals surface area contributed by atoms with Crippen LogP contribution in [0.5, 0.6) is 0 Å². The highest BCUT2D eigenvalue weighted by Gasteiger charge is 2.24. The quantitative estimate of drug-likeness (QED) is 0.648. The van der Waals surface area contributed by atoms with E-state index < -0.39 is 0 Å². The van der Waals surface area contributed by atoms with Gasteiger partial charge in [0.15, 0.2) is 0 Å². The SMILES string of the molecule is CC(=O)N1CCC(NCCc2ccccc2)=C(C(N)Nc2cccc(C)c2)C1. The van der Waals surface area contributed by atoms with Crippen molar-refractivity contribution < 1.29 is 4.79 Å². The third-order valence-electron chi connectivity index (χ3n) is 5.14. The summed E-state index contributed by atoms with van der Waals surface area (Å²) in [4.78, 5) is 13.8. The summed E-state index contributed by atoms with van der Waals surface area (Å²) in [5.41, 5.74) is 12.2. The van der Waals surface area contributed by atoms with Crippen LogP contribution in [0.1, 0.15) is 24.5 Å². The minimum Gasteiger partial charge on any atom is -0.388 e. The molecule has 2 aromatic rings. The van der Waals surface area contributed by atoms with Gasteiger partial charge in [0.25, 0.3) is 0 Å². The third kappa shape index (κ3) is 5.36. The average Bonchev–Trinajstić information content (AvgIpc) is 2.69. The monoisotopic (exact) mass is 378 g/mol. The predicted molar refractivity (Wildman–Crippen MR) is 115 cm³/mol. The van der Waals surface area contributed by atoms with Gasteiger partial charge in [0.05, 0.1) is 0 Å². The van der Waals surface area contributed by atoms with Crippen molar-refractivity contribution in [2.75, 3.05) is 25.0 Å². The van der Waals surface area contributed by atoms with E-state index in [1.807, 2.05) is 23.1 Å². The minimum absolute atomic E-state index is 0.0867. The number of nitrogens with one attached hydrogen (secondary N) is 2. The van der Waals surface area contributed by atoms with Gasteiger partial charge in [-0.2, -0.15) is 0 Å². The Labute approximate surface area is 167 Å². The number of amides is 1. The molecule has 0 radical (unpaired) electrons. The molecule has 1 unspecified atom stereocenters. The molecule has 1 heterocycles. The second kappa shape index (κ2) is 9.42. The van der Waals surface area contributed by atoms with Crippen LogP contribution < -0.4 is 16.4 Å². The van der Waals surface area contributed by atoms with Crippen LogP contribution in [0.15, 0.2) is 65.9 Å². The highest BCUT2D eigenvalue weighted by molar-refractivity contribution is 5.74. The summed E-state index contributed by atoms with van der Waals surface area (Å²) >= 11 is 0. The number of anilines is 1. The molecule has 4 N–H and O–H groups in total. The zero-order valence-corrected chi connectivity index (χ0v) is 16.7. The van der Waals surface area contributed by atoms with Crippen molar-refractivity contribution in [2.24, 2.45) is 5.73 Å². The van der Waals surface area contributed by atoms with Gasteiger partial charge in [0.1, 0.15) is 6.17 Å². The van der Waals surface area contributed by atoms with Crippen LogP contribution in [-0.2, 0) is 11.2 Å². The van der Waals surface area contributed by atoms with Gasteiger partial charge in [-0.25, -0.2) is 0 Å². The second-order valence-electron chi connectivity index (χ2n) is 7.35. The molecule has 0 fully saturated rings. The van der Waals surface area contributed by atoms with E-state index in [1.54, 1.807) is 6.92 Å². The van der Waals surface area contributed by atoms with Gasteiger partial charge in [-0.1, -0.05) is 42.5 Å². The lowest BCUT2D eigenvalue weighted by atomic mass is 10.0. The predicted octanol–water partition coefficient (Wildman–Crippen LogP) is 3.03. The number of carbonyl (C=O) groups excluding carboxylic acids is 1. The van der Waals surface area contributed by atoms with Crippen molar-refractivity contribution in [3.63, 3.8) is 0 Å². The standard InChI is InChI=1S/C23H30N4O/c1-17-7-6-10-20(15-17)26-23(24)21-16-27(18(2)28)14-12-22(21)25-13-11-19-8-4-3-5-9-19/h3-10,15,23,25-26H,11-14,16,24H2,1-2H3. The summed E-state index contributed by atoms with van der Waals surface area (Å²) in [6, 6.07) is 18.6.